The van der Waals surface area contributed by atoms with E-state index in [1.54, 1.807) is 12.0 Å². The Balaban J connectivity index is 2.01. The van der Waals surface area contributed by atoms with E-state index in [0.717, 1.165) is 12.2 Å². The Morgan fingerprint density at radius 2 is 2.32 bits per heavy atom. The molecule has 0 aliphatic carbocycles. The Kier molecular flexibility index (Phi) is 5.47. The zero-order valence-corrected chi connectivity index (χ0v) is 13.8. The van der Waals surface area contributed by atoms with Gasteiger partial charge in [0.25, 0.3) is 0 Å². The number of nitrogens with zero attached hydrogens (tertiary/aromatic N) is 1. The van der Waals surface area contributed by atoms with Crippen molar-refractivity contribution in [2.45, 2.75) is 38.8 Å². The quantitative estimate of drug-likeness (QED) is 0.907. The minimum atomic E-state index is -0.290. The molecule has 1 aliphatic rings. The summed E-state index contributed by atoms with van der Waals surface area (Å²) in [7, 11) is 1.61. The third kappa shape index (κ3) is 4.01. The topological polar surface area (TPSA) is 63.9 Å². The maximum atomic E-state index is 12.5. The number of furan rings is 1. The highest BCUT2D eigenvalue weighted by Gasteiger charge is 2.33. The minimum Gasteiger partial charge on any atom is -0.464 e. The molecule has 6 nitrogen and oxygen atoms in total. The molecule has 2 rings (SSSR count). The van der Waals surface area contributed by atoms with Crippen LogP contribution in [-0.2, 0) is 9.47 Å². The lowest BCUT2D eigenvalue weighted by Gasteiger charge is -2.40. The van der Waals surface area contributed by atoms with Crippen molar-refractivity contribution in [2.75, 3.05) is 33.4 Å². The summed E-state index contributed by atoms with van der Waals surface area (Å²) >= 11 is 0. The van der Waals surface area contributed by atoms with E-state index in [4.69, 9.17) is 13.9 Å². The normalized spacial score (nSPS) is 23.4. The average Bonchev–Trinajstić information content (AvgIpc) is 2.93. The number of methoxy groups -OCH3 is 1. The van der Waals surface area contributed by atoms with Gasteiger partial charge in [-0.2, -0.15) is 0 Å². The highest BCUT2D eigenvalue weighted by molar-refractivity contribution is 5.74. The zero-order valence-electron chi connectivity index (χ0n) is 13.8. The Hall–Kier alpha value is -1.53. The molecule has 2 amide bonds. The lowest BCUT2D eigenvalue weighted by molar-refractivity contribution is -0.0876. The lowest BCUT2D eigenvalue weighted by Crippen LogP contribution is -2.55. The second kappa shape index (κ2) is 7.15. The van der Waals surface area contributed by atoms with Gasteiger partial charge in [0.2, 0.25) is 0 Å². The predicted octanol–water partition coefficient (Wildman–Crippen LogP) is 2.49. The van der Waals surface area contributed by atoms with E-state index in [1.807, 2.05) is 26.0 Å². The van der Waals surface area contributed by atoms with E-state index in [2.05, 4.69) is 12.2 Å². The number of carbonyl (C=O) groups is 1. The number of morpholine rings is 1. The lowest BCUT2D eigenvalue weighted by atomic mass is 10.0. The van der Waals surface area contributed by atoms with Crippen molar-refractivity contribution in [1.29, 1.82) is 0 Å². The number of aryl methyl sites for hydroxylation is 1. The maximum absolute atomic E-state index is 12.5. The summed E-state index contributed by atoms with van der Waals surface area (Å²) in [5, 5.41) is 2.99. The number of carbonyl (C=O) groups excluding carboxylic acids is 1. The van der Waals surface area contributed by atoms with Gasteiger partial charge in [0, 0.05) is 13.7 Å². The Morgan fingerprint density at radius 3 is 2.91 bits per heavy atom. The fourth-order valence-electron chi connectivity index (χ4n) is 2.56. The number of ether oxygens (including phenoxy) is 2. The maximum Gasteiger partial charge on any atom is 0.318 e. The van der Waals surface area contributed by atoms with Crippen LogP contribution in [0.1, 0.15) is 37.8 Å². The molecule has 1 aromatic rings. The molecular weight excluding hydrogens is 284 g/mol. The van der Waals surface area contributed by atoms with Crippen LogP contribution in [0.5, 0.6) is 0 Å². The Morgan fingerprint density at radius 1 is 1.55 bits per heavy atom. The van der Waals surface area contributed by atoms with Gasteiger partial charge in [0.15, 0.2) is 0 Å². The second-order valence-electron chi connectivity index (χ2n) is 5.98. The molecule has 0 spiro atoms. The van der Waals surface area contributed by atoms with Crippen LogP contribution < -0.4 is 5.32 Å². The van der Waals surface area contributed by atoms with Gasteiger partial charge in [-0.3, -0.25) is 0 Å². The smallest absolute Gasteiger partial charge is 0.318 e. The number of hydrogen-bond acceptors (Lipinski definition) is 4. The number of urea groups is 1. The Labute approximate surface area is 131 Å². The highest BCUT2D eigenvalue weighted by Crippen LogP contribution is 2.22. The summed E-state index contributed by atoms with van der Waals surface area (Å²) in [6, 6.07) is 3.35. The van der Waals surface area contributed by atoms with Crippen LogP contribution in [0, 0.1) is 6.92 Å². The fraction of sp³-hybridized carbons (Fsp3) is 0.688. The number of amides is 2. The van der Waals surface area contributed by atoms with E-state index in [0.29, 0.717) is 32.1 Å². The van der Waals surface area contributed by atoms with Crippen molar-refractivity contribution in [3.05, 3.63) is 23.7 Å². The molecule has 22 heavy (non-hydrogen) atoms. The van der Waals surface area contributed by atoms with Crippen molar-refractivity contribution in [2.24, 2.45) is 0 Å². The van der Waals surface area contributed by atoms with Gasteiger partial charge in [-0.1, -0.05) is 6.92 Å². The molecule has 1 aliphatic heterocycles. The monoisotopic (exact) mass is 310 g/mol. The molecule has 2 atom stereocenters. The van der Waals surface area contributed by atoms with Crippen molar-refractivity contribution in [3.63, 3.8) is 0 Å². The van der Waals surface area contributed by atoms with Gasteiger partial charge in [-0.25, -0.2) is 4.79 Å². The summed E-state index contributed by atoms with van der Waals surface area (Å²) in [5.74, 6) is 1.52. The zero-order chi connectivity index (χ0) is 16.2. The molecule has 6 heteroatoms. The van der Waals surface area contributed by atoms with Crippen LogP contribution in [0.25, 0.3) is 0 Å². The number of rotatable bonds is 5. The van der Waals surface area contributed by atoms with Gasteiger partial charge in [-0.05, 0) is 32.4 Å². The molecule has 1 fully saturated rings. The van der Waals surface area contributed by atoms with E-state index in [9.17, 15) is 4.79 Å². The first kappa shape index (κ1) is 16.8. The molecule has 1 N–H and O–H groups in total. The van der Waals surface area contributed by atoms with Crippen molar-refractivity contribution in [1.82, 2.24) is 10.2 Å². The molecule has 0 radical (unpaired) electrons. The molecule has 0 saturated carbocycles. The van der Waals surface area contributed by atoms with E-state index in [-0.39, 0.29) is 17.7 Å². The third-order valence-electron chi connectivity index (χ3n) is 4.11. The first-order valence-electron chi connectivity index (χ1n) is 7.72. The van der Waals surface area contributed by atoms with Crippen LogP contribution in [-0.4, -0.2) is 49.9 Å². The van der Waals surface area contributed by atoms with Crippen molar-refractivity contribution in [3.8, 4) is 0 Å². The van der Waals surface area contributed by atoms with E-state index >= 15 is 0 Å². The molecule has 0 bridgehead atoms. The summed E-state index contributed by atoms with van der Waals surface area (Å²) < 4.78 is 16.6. The molecule has 1 saturated heterocycles. The predicted molar refractivity (Wildman–Crippen MR) is 82.8 cm³/mol. The van der Waals surface area contributed by atoms with Gasteiger partial charge < -0.3 is 24.1 Å². The first-order chi connectivity index (χ1) is 10.5. The number of hydrogen-bond donors (Lipinski definition) is 1. The van der Waals surface area contributed by atoms with Crippen LogP contribution in [0.2, 0.25) is 0 Å². The van der Waals surface area contributed by atoms with E-state index in [1.165, 1.54) is 0 Å². The van der Waals surface area contributed by atoms with Gasteiger partial charge in [-0.15, -0.1) is 0 Å². The standard InChI is InChI=1S/C16H26N2O4/c1-5-16(3)11-18(8-9-21-16)15(19)17-13(10-20-4)14-7-6-12(2)22-14/h6-7,13H,5,8-11H2,1-4H3,(H,17,19)/t13-,16+/m1/s1. The molecular formula is C16H26N2O4. The third-order valence-corrected chi connectivity index (χ3v) is 4.11. The summed E-state index contributed by atoms with van der Waals surface area (Å²) in [6.45, 7) is 8.10. The highest BCUT2D eigenvalue weighted by atomic mass is 16.5. The number of nitrogens with one attached hydrogen (secondary N) is 1. The van der Waals surface area contributed by atoms with E-state index < -0.39 is 0 Å². The summed E-state index contributed by atoms with van der Waals surface area (Å²) in [4.78, 5) is 14.3. The second-order valence-corrected chi connectivity index (χ2v) is 5.98. The van der Waals surface area contributed by atoms with Crippen LogP contribution in [0.4, 0.5) is 4.79 Å². The van der Waals surface area contributed by atoms with Gasteiger partial charge >= 0.3 is 6.03 Å². The summed E-state index contributed by atoms with van der Waals surface area (Å²) in [5.41, 5.74) is -0.270. The van der Waals surface area contributed by atoms with Gasteiger partial charge in [0.05, 0.1) is 25.4 Å². The van der Waals surface area contributed by atoms with Gasteiger partial charge in [0.1, 0.15) is 17.6 Å². The molecule has 0 aromatic carbocycles. The fourth-order valence-corrected chi connectivity index (χ4v) is 2.56. The first-order valence-corrected chi connectivity index (χ1v) is 7.72. The average molecular weight is 310 g/mol. The summed E-state index contributed by atoms with van der Waals surface area (Å²) in [6.07, 6.45) is 0.871. The molecule has 1 aromatic heterocycles. The molecule has 0 unspecified atom stereocenters. The van der Waals surface area contributed by atoms with Crippen LogP contribution >= 0.6 is 0 Å². The molecule has 124 valence electrons. The van der Waals surface area contributed by atoms with Crippen LogP contribution in [0.3, 0.4) is 0 Å². The van der Waals surface area contributed by atoms with Crippen molar-refractivity contribution < 1.29 is 18.7 Å². The SMILES string of the molecule is CC[C@@]1(C)CN(C(=O)N[C@H](COC)c2ccc(C)o2)CCO1. The molecule has 2 heterocycles. The van der Waals surface area contributed by atoms with Crippen molar-refractivity contribution >= 4 is 6.03 Å². The Bertz CT molecular complexity index is 502. The minimum absolute atomic E-state index is 0.112. The largest absolute Gasteiger partial charge is 0.464 e. The van der Waals surface area contributed by atoms with Crippen LogP contribution in [0.15, 0.2) is 16.5 Å².